The molecule has 7 heteroatoms. The predicted octanol–water partition coefficient (Wildman–Crippen LogP) is 2.28. The van der Waals surface area contributed by atoms with Gasteiger partial charge in [-0.25, -0.2) is 4.68 Å². The van der Waals surface area contributed by atoms with Gasteiger partial charge in [-0.3, -0.25) is 0 Å². The topological polar surface area (TPSA) is 65.7 Å². The number of ether oxygens (including phenoxy) is 1. The van der Waals surface area contributed by atoms with Crippen LogP contribution in [0.4, 0.5) is 0 Å². The molecule has 0 amide bonds. The van der Waals surface area contributed by atoms with Gasteiger partial charge in [-0.1, -0.05) is 19.3 Å². The van der Waals surface area contributed by atoms with Crippen LogP contribution >= 0.6 is 11.6 Å². The lowest BCUT2D eigenvalue weighted by Crippen LogP contribution is -2.15. The highest BCUT2D eigenvalue weighted by molar-refractivity contribution is 6.28. The summed E-state index contributed by atoms with van der Waals surface area (Å²) in [6, 6.07) is 2.04. The van der Waals surface area contributed by atoms with Crippen LogP contribution in [0.2, 0.25) is 5.28 Å². The molecule has 6 nitrogen and oxygen atoms in total. The first-order chi connectivity index (χ1) is 9.31. The first-order valence-corrected chi connectivity index (χ1v) is 6.73. The van der Waals surface area contributed by atoms with Gasteiger partial charge in [0, 0.05) is 12.4 Å². The first kappa shape index (κ1) is 12.3. The Morgan fingerprint density at radius 2 is 2.21 bits per heavy atom. The van der Waals surface area contributed by atoms with Gasteiger partial charge >= 0.3 is 6.01 Å². The van der Waals surface area contributed by atoms with E-state index in [1.54, 1.807) is 18.5 Å². The maximum absolute atomic E-state index is 5.86. The van der Waals surface area contributed by atoms with Crippen molar-refractivity contribution in [3.8, 4) is 12.0 Å². The molecule has 3 rings (SSSR count). The van der Waals surface area contributed by atoms with Crippen LogP contribution in [0.5, 0.6) is 6.01 Å². The number of nitrogens with zero attached hydrogens (tertiary/aromatic N) is 5. The van der Waals surface area contributed by atoms with Gasteiger partial charge in [0.1, 0.15) is 0 Å². The Labute approximate surface area is 115 Å². The van der Waals surface area contributed by atoms with Gasteiger partial charge in [0.05, 0.1) is 6.61 Å². The van der Waals surface area contributed by atoms with Crippen LogP contribution < -0.4 is 4.74 Å². The molecule has 0 bridgehead atoms. The molecule has 0 unspecified atom stereocenters. The standard InChI is InChI=1S/C12H14ClN5O/c13-10-15-11(18-7-2-6-14-18)17-12(16-10)19-8-5-9-3-1-4-9/h2,6-7,9H,1,3-5,8H2. The smallest absolute Gasteiger partial charge is 0.322 e. The third-order valence-electron chi connectivity index (χ3n) is 3.27. The number of hydrogen-bond acceptors (Lipinski definition) is 5. The third kappa shape index (κ3) is 3.01. The normalized spacial score (nSPS) is 15.2. The third-order valence-corrected chi connectivity index (χ3v) is 3.44. The molecule has 0 atom stereocenters. The highest BCUT2D eigenvalue weighted by atomic mass is 35.5. The van der Waals surface area contributed by atoms with Crippen molar-refractivity contribution in [2.24, 2.45) is 5.92 Å². The van der Waals surface area contributed by atoms with Crippen LogP contribution in [-0.4, -0.2) is 31.3 Å². The van der Waals surface area contributed by atoms with Crippen LogP contribution in [0.15, 0.2) is 18.5 Å². The monoisotopic (exact) mass is 279 g/mol. The summed E-state index contributed by atoms with van der Waals surface area (Å²) in [6.07, 6.45) is 8.38. The number of halogens is 1. The molecule has 0 aliphatic heterocycles. The highest BCUT2D eigenvalue weighted by Gasteiger charge is 2.17. The van der Waals surface area contributed by atoms with Crippen molar-refractivity contribution in [2.45, 2.75) is 25.7 Å². The molecule has 1 aliphatic carbocycles. The van der Waals surface area contributed by atoms with Crippen LogP contribution in [0.3, 0.4) is 0 Å². The summed E-state index contributed by atoms with van der Waals surface area (Å²) in [5, 5.41) is 4.16. The Hall–Kier alpha value is -1.69. The van der Waals surface area contributed by atoms with Gasteiger partial charge in [-0.05, 0) is 30.0 Å². The van der Waals surface area contributed by atoms with E-state index in [9.17, 15) is 0 Å². The molecule has 1 aliphatic rings. The number of hydrogen-bond donors (Lipinski definition) is 0. The van der Waals surface area contributed by atoms with Crippen LogP contribution in [0, 0.1) is 5.92 Å². The Bertz CT molecular complexity index is 541. The van der Waals surface area contributed by atoms with E-state index < -0.39 is 0 Å². The summed E-state index contributed by atoms with van der Waals surface area (Å²) in [4.78, 5) is 12.2. The van der Waals surface area contributed by atoms with Gasteiger partial charge in [0.25, 0.3) is 5.95 Å². The van der Waals surface area contributed by atoms with Crippen molar-refractivity contribution >= 4 is 11.6 Å². The SMILES string of the molecule is Clc1nc(OCCC2CCC2)nc(-n2cccn2)n1. The molecule has 0 spiro atoms. The highest BCUT2D eigenvalue weighted by Crippen LogP contribution is 2.29. The Morgan fingerprint density at radius 3 is 2.89 bits per heavy atom. The quantitative estimate of drug-likeness (QED) is 0.840. The van der Waals surface area contributed by atoms with Gasteiger partial charge in [-0.15, -0.1) is 0 Å². The molecule has 0 N–H and O–H groups in total. The fraction of sp³-hybridized carbons (Fsp3) is 0.500. The lowest BCUT2D eigenvalue weighted by atomic mass is 9.83. The summed E-state index contributed by atoms with van der Waals surface area (Å²) in [5.74, 6) is 1.16. The summed E-state index contributed by atoms with van der Waals surface area (Å²) >= 11 is 5.86. The first-order valence-electron chi connectivity index (χ1n) is 6.35. The van der Waals surface area contributed by atoms with E-state index >= 15 is 0 Å². The minimum absolute atomic E-state index is 0.110. The molecule has 0 saturated heterocycles. The van der Waals surface area contributed by atoms with E-state index in [4.69, 9.17) is 16.3 Å². The van der Waals surface area contributed by atoms with E-state index in [0.29, 0.717) is 12.6 Å². The second kappa shape index (κ2) is 5.52. The van der Waals surface area contributed by atoms with Crippen molar-refractivity contribution in [2.75, 3.05) is 6.61 Å². The summed E-state index contributed by atoms with van der Waals surface area (Å²) in [7, 11) is 0. The molecule has 19 heavy (non-hydrogen) atoms. The van der Waals surface area contributed by atoms with Crippen LogP contribution in [0.25, 0.3) is 5.95 Å². The van der Waals surface area contributed by atoms with E-state index in [1.807, 2.05) is 0 Å². The second-order valence-corrected chi connectivity index (χ2v) is 4.91. The fourth-order valence-corrected chi connectivity index (χ4v) is 2.12. The minimum atomic E-state index is 0.110. The largest absolute Gasteiger partial charge is 0.463 e. The Morgan fingerprint density at radius 1 is 1.32 bits per heavy atom. The van der Waals surface area contributed by atoms with Gasteiger partial charge < -0.3 is 4.74 Å². The van der Waals surface area contributed by atoms with Crippen molar-refractivity contribution in [1.82, 2.24) is 24.7 Å². The summed E-state index contributed by atoms with van der Waals surface area (Å²) in [6.45, 7) is 0.615. The zero-order valence-electron chi connectivity index (χ0n) is 10.4. The molecule has 2 aromatic heterocycles. The minimum Gasteiger partial charge on any atom is -0.463 e. The van der Waals surface area contributed by atoms with E-state index in [-0.39, 0.29) is 11.3 Å². The fourth-order valence-electron chi connectivity index (χ4n) is 1.97. The number of rotatable bonds is 5. The lowest BCUT2D eigenvalue weighted by Gasteiger charge is -2.24. The van der Waals surface area contributed by atoms with Crippen molar-refractivity contribution in [3.05, 3.63) is 23.7 Å². The molecule has 100 valence electrons. The zero-order chi connectivity index (χ0) is 13.1. The maximum Gasteiger partial charge on any atom is 0.322 e. The zero-order valence-corrected chi connectivity index (χ0v) is 11.1. The van der Waals surface area contributed by atoms with Crippen molar-refractivity contribution < 1.29 is 4.74 Å². The van der Waals surface area contributed by atoms with E-state index in [2.05, 4.69) is 20.1 Å². The molecule has 1 fully saturated rings. The van der Waals surface area contributed by atoms with Crippen LogP contribution in [-0.2, 0) is 0 Å². The molecule has 2 heterocycles. The molecule has 0 radical (unpaired) electrons. The van der Waals surface area contributed by atoms with Crippen molar-refractivity contribution in [3.63, 3.8) is 0 Å². The maximum atomic E-state index is 5.86. The molecule has 0 aromatic carbocycles. The van der Waals surface area contributed by atoms with Crippen LogP contribution in [0.1, 0.15) is 25.7 Å². The molecule has 1 saturated carbocycles. The average molecular weight is 280 g/mol. The average Bonchev–Trinajstić information content (AvgIpc) is 2.85. The number of aromatic nitrogens is 5. The lowest BCUT2D eigenvalue weighted by molar-refractivity contribution is 0.211. The van der Waals surface area contributed by atoms with Gasteiger partial charge in [0.15, 0.2) is 0 Å². The summed E-state index contributed by atoms with van der Waals surface area (Å²) in [5.41, 5.74) is 0. The Kier molecular flexibility index (Phi) is 3.59. The van der Waals surface area contributed by atoms with Gasteiger partial charge in [-0.2, -0.15) is 20.1 Å². The van der Waals surface area contributed by atoms with E-state index in [0.717, 1.165) is 12.3 Å². The summed E-state index contributed by atoms with van der Waals surface area (Å²) < 4.78 is 7.06. The molecular weight excluding hydrogens is 266 g/mol. The molecular formula is C12H14ClN5O. The van der Waals surface area contributed by atoms with E-state index in [1.165, 1.54) is 23.9 Å². The second-order valence-electron chi connectivity index (χ2n) is 4.57. The molecule has 2 aromatic rings. The van der Waals surface area contributed by atoms with Crippen molar-refractivity contribution in [1.29, 1.82) is 0 Å². The Balaban J connectivity index is 1.67. The van der Waals surface area contributed by atoms with Gasteiger partial charge in [0.2, 0.25) is 5.28 Å². The predicted molar refractivity (Wildman–Crippen MR) is 69.4 cm³/mol.